The number of anilines is 1. The fourth-order valence-electron chi connectivity index (χ4n) is 3.89. The van der Waals surface area contributed by atoms with E-state index in [0.717, 1.165) is 6.42 Å². The van der Waals surface area contributed by atoms with Gasteiger partial charge in [-0.2, -0.15) is 0 Å². The zero-order chi connectivity index (χ0) is 23.4. The third kappa shape index (κ3) is 4.32. The minimum atomic E-state index is -0.783. The second kappa shape index (κ2) is 9.61. The Balaban J connectivity index is 1.83. The molecule has 6 nitrogen and oxygen atoms in total. The van der Waals surface area contributed by atoms with Crippen molar-refractivity contribution < 1.29 is 24.2 Å². The monoisotopic (exact) mass is 443 g/mol. The van der Waals surface area contributed by atoms with E-state index in [4.69, 9.17) is 9.47 Å². The SMILES string of the molecule is CCCOc1ccc(/C(O)=C2\C(=O)C(=O)N(c3cccc(OC)c3)C2c2ccccc2)cc1. The Bertz CT molecular complexity index is 1180. The number of hydrogen-bond donors (Lipinski definition) is 1. The molecule has 0 aliphatic carbocycles. The van der Waals surface area contributed by atoms with Gasteiger partial charge < -0.3 is 14.6 Å². The lowest BCUT2D eigenvalue weighted by Crippen LogP contribution is -2.29. The minimum Gasteiger partial charge on any atom is -0.507 e. The first-order chi connectivity index (χ1) is 16.0. The van der Waals surface area contributed by atoms with E-state index in [1.807, 2.05) is 37.3 Å². The van der Waals surface area contributed by atoms with Crippen molar-refractivity contribution in [3.05, 3.63) is 95.6 Å². The van der Waals surface area contributed by atoms with Crippen LogP contribution in [0, 0.1) is 0 Å². The van der Waals surface area contributed by atoms with E-state index >= 15 is 0 Å². The number of hydrogen-bond acceptors (Lipinski definition) is 5. The fraction of sp³-hybridized carbons (Fsp3) is 0.185. The summed E-state index contributed by atoms with van der Waals surface area (Å²) in [5.74, 6) is -0.444. The van der Waals surface area contributed by atoms with Crippen molar-refractivity contribution in [2.45, 2.75) is 19.4 Å². The van der Waals surface area contributed by atoms with Gasteiger partial charge in [0.1, 0.15) is 17.3 Å². The molecule has 33 heavy (non-hydrogen) atoms. The van der Waals surface area contributed by atoms with Crippen molar-refractivity contribution in [3.8, 4) is 11.5 Å². The first-order valence-electron chi connectivity index (χ1n) is 10.8. The van der Waals surface area contributed by atoms with Crippen molar-refractivity contribution in [1.82, 2.24) is 0 Å². The molecule has 168 valence electrons. The Morgan fingerprint density at radius 2 is 1.67 bits per heavy atom. The molecule has 3 aromatic carbocycles. The van der Waals surface area contributed by atoms with Crippen molar-refractivity contribution >= 4 is 23.1 Å². The highest BCUT2D eigenvalue weighted by Crippen LogP contribution is 2.42. The molecule has 4 rings (SSSR count). The number of Topliss-reactive ketones (excluding diaryl/α,β-unsaturated/α-hetero) is 1. The normalized spacial score (nSPS) is 17.3. The van der Waals surface area contributed by atoms with E-state index in [-0.39, 0.29) is 11.3 Å². The number of nitrogens with zero attached hydrogens (tertiary/aromatic N) is 1. The molecule has 1 fully saturated rings. The van der Waals surface area contributed by atoms with Crippen LogP contribution in [-0.2, 0) is 9.59 Å². The number of ketones is 1. The van der Waals surface area contributed by atoms with Crippen LogP contribution in [0.25, 0.3) is 5.76 Å². The smallest absolute Gasteiger partial charge is 0.300 e. The number of methoxy groups -OCH3 is 1. The van der Waals surface area contributed by atoms with Crippen LogP contribution in [0.5, 0.6) is 11.5 Å². The van der Waals surface area contributed by atoms with Crippen LogP contribution in [-0.4, -0.2) is 30.5 Å². The minimum absolute atomic E-state index is 0.0382. The Hall–Kier alpha value is -4.06. The molecule has 1 amide bonds. The standard InChI is InChI=1S/C27H25NO5/c1-3-16-33-21-14-12-19(13-15-21)25(29)23-24(18-8-5-4-6-9-18)28(27(31)26(23)30)20-10-7-11-22(17-20)32-2/h4-15,17,24,29H,3,16H2,1-2H3/b25-23+. The number of aliphatic hydroxyl groups is 1. The molecule has 3 aromatic rings. The van der Waals surface area contributed by atoms with Crippen molar-refractivity contribution in [2.75, 3.05) is 18.6 Å². The summed E-state index contributed by atoms with van der Waals surface area (Å²) in [6.45, 7) is 2.61. The van der Waals surface area contributed by atoms with Gasteiger partial charge in [0.25, 0.3) is 11.7 Å². The van der Waals surface area contributed by atoms with E-state index in [2.05, 4.69) is 0 Å². The molecule has 0 saturated carbocycles. The Morgan fingerprint density at radius 1 is 0.939 bits per heavy atom. The van der Waals surface area contributed by atoms with Crippen LogP contribution in [0.1, 0.15) is 30.5 Å². The Morgan fingerprint density at radius 3 is 2.33 bits per heavy atom. The lowest BCUT2D eigenvalue weighted by atomic mass is 9.95. The maximum absolute atomic E-state index is 13.2. The van der Waals surface area contributed by atoms with E-state index in [1.54, 1.807) is 48.5 Å². The predicted molar refractivity (Wildman–Crippen MR) is 126 cm³/mol. The average Bonchev–Trinajstić information content (AvgIpc) is 3.13. The first kappa shape index (κ1) is 22.1. The number of ether oxygens (including phenoxy) is 2. The van der Waals surface area contributed by atoms with Gasteiger partial charge in [-0.25, -0.2) is 0 Å². The van der Waals surface area contributed by atoms with E-state index in [9.17, 15) is 14.7 Å². The lowest BCUT2D eigenvalue weighted by Gasteiger charge is -2.25. The van der Waals surface area contributed by atoms with Crippen LogP contribution in [0.3, 0.4) is 0 Å². The molecule has 6 heteroatoms. The van der Waals surface area contributed by atoms with Gasteiger partial charge in [0, 0.05) is 17.3 Å². The van der Waals surface area contributed by atoms with Gasteiger partial charge in [-0.3, -0.25) is 14.5 Å². The number of aliphatic hydroxyl groups excluding tert-OH is 1. The first-order valence-corrected chi connectivity index (χ1v) is 10.8. The number of carbonyl (C=O) groups is 2. The number of benzene rings is 3. The molecule has 0 aromatic heterocycles. The highest BCUT2D eigenvalue weighted by Gasteiger charge is 2.47. The number of amides is 1. The molecule has 1 heterocycles. The summed E-state index contributed by atoms with van der Waals surface area (Å²) in [4.78, 5) is 27.8. The summed E-state index contributed by atoms with van der Waals surface area (Å²) in [6.07, 6.45) is 0.881. The molecule has 0 spiro atoms. The molecule has 1 atom stereocenters. The highest BCUT2D eigenvalue weighted by atomic mass is 16.5. The fourth-order valence-corrected chi connectivity index (χ4v) is 3.89. The topological polar surface area (TPSA) is 76.1 Å². The third-order valence-corrected chi connectivity index (χ3v) is 5.49. The van der Waals surface area contributed by atoms with Gasteiger partial charge in [0.2, 0.25) is 0 Å². The van der Waals surface area contributed by atoms with Crippen molar-refractivity contribution in [3.63, 3.8) is 0 Å². The van der Waals surface area contributed by atoms with Gasteiger partial charge >= 0.3 is 0 Å². The summed E-state index contributed by atoms with van der Waals surface area (Å²) in [5.41, 5.74) is 1.69. The maximum Gasteiger partial charge on any atom is 0.300 e. The summed E-state index contributed by atoms with van der Waals surface area (Å²) in [5, 5.41) is 11.2. The van der Waals surface area contributed by atoms with Gasteiger partial charge in [-0.15, -0.1) is 0 Å². The molecule has 1 N–H and O–H groups in total. The summed E-state index contributed by atoms with van der Waals surface area (Å²) in [7, 11) is 1.54. The maximum atomic E-state index is 13.2. The molecule has 0 bridgehead atoms. The van der Waals surface area contributed by atoms with E-state index in [0.29, 0.717) is 34.9 Å². The zero-order valence-corrected chi connectivity index (χ0v) is 18.5. The quantitative estimate of drug-likeness (QED) is 0.312. The van der Waals surface area contributed by atoms with Gasteiger partial charge in [-0.05, 0) is 48.4 Å². The molecular formula is C27H25NO5. The summed E-state index contributed by atoms with van der Waals surface area (Å²) in [6, 6.07) is 22.2. The van der Waals surface area contributed by atoms with Crippen LogP contribution in [0.4, 0.5) is 5.69 Å². The van der Waals surface area contributed by atoms with E-state index in [1.165, 1.54) is 12.0 Å². The van der Waals surface area contributed by atoms with Crippen LogP contribution >= 0.6 is 0 Å². The van der Waals surface area contributed by atoms with Gasteiger partial charge in [0.05, 0.1) is 25.3 Å². The van der Waals surface area contributed by atoms with Crippen LogP contribution in [0.2, 0.25) is 0 Å². The molecule has 1 aliphatic heterocycles. The summed E-state index contributed by atoms with van der Waals surface area (Å²) < 4.78 is 10.9. The Labute approximate surface area is 192 Å². The van der Waals surface area contributed by atoms with Crippen LogP contribution in [0.15, 0.2) is 84.4 Å². The second-order valence-corrected chi connectivity index (χ2v) is 7.65. The Kier molecular flexibility index (Phi) is 6.45. The van der Waals surface area contributed by atoms with Gasteiger partial charge in [0.15, 0.2) is 0 Å². The van der Waals surface area contributed by atoms with Gasteiger partial charge in [-0.1, -0.05) is 43.3 Å². The van der Waals surface area contributed by atoms with Crippen molar-refractivity contribution in [1.29, 1.82) is 0 Å². The molecule has 1 aliphatic rings. The lowest BCUT2D eigenvalue weighted by molar-refractivity contribution is -0.132. The molecular weight excluding hydrogens is 418 g/mol. The van der Waals surface area contributed by atoms with Crippen LogP contribution < -0.4 is 14.4 Å². The molecule has 1 unspecified atom stereocenters. The largest absolute Gasteiger partial charge is 0.507 e. The molecule has 1 saturated heterocycles. The number of carbonyl (C=O) groups excluding carboxylic acids is 2. The van der Waals surface area contributed by atoms with E-state index < -0.39 is 17.7 Å². The third-order valence-electron chi connectivity index (χ3n) is 5.49. The summed E-state index contributed by atoms with van der Waals surface area (Å²) >= 11 is 0. The molecule has 0 radical (unpaired) electrons. The predicted octanol–water partition coefficient (Wildman–Crippen LogP) is 5.11. The second-order valence-electron chi connectivity index (χ2n) is 7.65. The zero-order valence-electron chi connectivity index (χ0n) is 18.5. The van der Waals surface area contributed by atoms with Crippen molar-refractivity contribution in [2.24, 2.45) is 0 Å². The highest BCUT2D eigenvalue weighted by molar-refractivity contribution is 6.51. The number of rotatable bonds is 7. The average molecular weight is 443 g/mol.